The Morgan fingerprint density at radius 3 is 2.52 bits per heavy atom. The lowest BCUT2D eigenvalue weighted by Gasteiger charge is -2.38. The minimum Gasteiger partial charge on any atom is -0.481 e. The summed E-state index contributed by atoms with van der Waals surface area (Å²) in [5.41, 5.74) is 3.84. The maximum Gasteiger partial charge on any atom is 0.263 e. The van der Waals surface area contributed by atoms with Crippen LogP contribution in [-0.4, -0.2) is 29.7 Å². The standard InChI is InChI=1S/C21H18ClFN4O2/c1-12-8-14(23)4-5-16(12)26-11-27(17-6-7-20(29-3)25-13(17)2)21(28)15-10-24-19(22)9-18(15)26/h4-10H,11H2,1-3H3. The van der Waals surface area contributed by atoms with E-state index in [1.165, 1.54) is 25.4 Å². The molecule has 0 fully saturated rings. The molecule has 0 N–H and O–H groups in total. The maximum atomic E-state index is 13.7. The summed E-state index contributed by atoms with van der Waals surface area (Å²) < 4.78 is 18.8. The molecule has 3 aromatic rings. The van der Waals surface area contributed by atoms with Gasteiger partial charge in [0.05, 0.1) is 29.7 Å². The van der Waals surface area contributed by atoms with Crippen molar-refractivity contribution >= 4 is 34.6 Å². The van der Waals surface area contributed by atoms with E-state index < -0.39 is 0 Å². The number of hydrogen-bond donors (Lipinski definition) is 0. The topological polar surface area (TPSA) is 58.6 Å². The molecule has 4 rings (SSSR count). The van der Waals surface area contributed by atoms with Crippen molar-refractivity contribution in [2.45, 2.75) is 13.8 Å². The summed E-state index contributed by atoms with van der Waals surface area (Å²) in [5.74, 6) is -0.0644. The molecule has 0 radical (unpaired) electrons. The van der Waals surface area contributed by atoms with E-state index in [-0.39, 0.29) is 23.5 Å². The molecule has 0 saturated carbocycles. The van der Waals surface area contributed by atoms with Gasteiger partial charge in [-0.05, 0) is 43.7 Å². The van der Waals surface area contributed by atoms with Gasteiger partial charge in [0.25, 0.3) is 5.91 Å². The molecule has 6 nitrogen and oxygen atoms in total. The highest BCUT2D eigenvalue weighted by atomic mass is 35.5. The first-order valence-electron chi connectivity index (χ1n) is 8.92. The minimum atomic E-state index is -0.320. The number of pyridine rings is 2. The first-order valence-corrected chi connectivity index (χ1v) is 9.29. The Morgan fingerprint density at radius 2 is 1.83 bits per heavy atom. The molecule has 1 amide bonds. The summed E-state index contributed by atoms with van der Waals surface area (Å²) in [4.78, 5) is 25.2. The number of fused-ring (bicyclic) bond motifs is 1. The molecule has 3 heterocycles. The number of aryl methyl sites for hydroxylation is 2. The predicted octanol–water partition coefficient (Wildman–Crippen LogP) is 4.65. The predicted molar refractivity (Wildman–Crippen MR) is 110 cm³/mol. The molecule has 1 aromatic carbocycles. The van der Waals surface area contributed by atoms with Crippen LogP contribution in [-0.2, 0) is 0 Å². The summed E-state index contributed by atoms with van der Waals surface area (Å²) in [7, 11) is 1.54. The normalized spacial score (nSPS) is 13.5. The Balaban J connectivity index is 1.87. The first-order chi connectivity index (χ1) is 13.9. The second kappa shape index (κ2) is 7.33. The van der Waals surface area contributed by atoms with Crippen molar-refractivity contribution in [3.05, 3.63) is 70.4 Å². The Kier molecular flexibility index (Phi) is 4.84. The molecule has 1 aliphatic rings. The number of anilines is 3. The van der Waals surface area contributed by atoms with Crippen LogP contribution < -0.4 is 14.5 Å². The number of hydrogen-bond acceptors (Lipinski definition) is 5. The minimum absolute atomic E-state index is 0.213. The first kappa shape index (κ1) is 19.1. The van der Waals surface area contributed by atoms with Gasteiger partial charge < -0.3 is 9.64 Å². The SMILES string of the molecule is COc1ccc(N2CN(c3ccc(F)cc3C)c3cc(Cl)ncc3C2=O)c(C)n1. The van der Waals surface area contributed by atoms with Crippen LogP contribution >= 0.6 is 11.6 Å². The van der Waals surface area contributed by atoms with Crippen LogP contribution in [0.25, 0.3) is 0 Å². The quantitative estimate of drug-likeness (QED) is 0.586. The number of methoxy groups -OCH3 is 1. The third-order valence-corrected chi connectivity index (χ3v) is 5.09. The second-order valence-electron chi connectivity index (χ2n) is 6.72. The van der Waals surface area contributed by atoms with Gasteiger partial charge in [-0.3, -0.25) is 9.69 Å². The largest absolute Gasteiger partial charge is 0.481 e. The maximum absolute atomic E-state index is 13.7. The van der Waals surface area contributed by atoms with Crippen molar-refractivity contribution in [3.8, 4) is 5.88 Å². The zero-order valence-electron chi connectivity index (χ0n) is 16.1. The average Bonchev–Trinajstić information content (AvgIpc) is 2.69. The molecular formula is C21H18ClFN4O2. The Bertz CT molecular complexity index is 1120. The number of carbonyl (C=O) groups is 1. The highest BCUT2D eigenvalue weighted by Gasteiger charge is 2.33. The fourth-order valence-corrected chi connectivity index (χ4v) is 3.63. The van der Waals surface area contributed by atoms with Crippen molar-refractivity contribution in [1.82, 2.24) is 9.97 Å². The summed E-state index contributed by atoms with van der Waals surface area (Å²) in [5, 5.41) is 0.275. The molecule has 8 heteroatoms. The summed E-state index contributed by atoms with van der Waals surface area (Å²) >= 11 is 6.11. The Hall–Kier alpha value is -3.19. The highest BCUT2D eigenvalue weighted by molar-refractivity contribution is 6.30. The summed E-state index contributed by atoms with van der Waals surface area (Å²) in [6, 6.07) is 9.69. The van der Waals surface area contributed by atoms with Gasteiger partial charge in [-0.1, -0.05) is 11.6 Å². The number of rotatable bonds is 3. The van der Waals surface area contributed by atoms with Crippen LogP contribution in [0.15, 0.2) is 42.6 Å². The van der Waals surface area contributed by atoms with Crippen molar-refractivity contribution in [3.63, 3.8) is 0 Å². The van der Waals surface area contributed by atoms with Gasteiger partial charge >= 0.3 is 0 Å². The molecule has 0 unspecified atom stereocenters. The third-order valence-electron chi connectivity index (χ3n) is 4.88. The zero-order valence-corrected chi connectivity index (χ0v) is 16.9. The lowest BCUT2D eigenvalue weighted by atomic mass is 10.1. The van der Waals surface area contributed by atoms with Gasteiger partial charge in [0.1, 0.15) is 17.6 Å². The average molecular weight is 413 g/mol. The lowest BCUT2D eigenvalue weighted by Crippen LogP contribution is -2.45. The van der Waals surface area contributed by atoms with Gasteiger partial charge in [0.15, 0.2) is 0 Å². The van der Waals surface area contributed by atoms with E-state index in [1.54, 1.807) is 29.2 Å². The molecule has 2 aromatic heterocycles. The van der Waals surface area contributed by atoms with Crippen molar-refractivity contribution in [2.24, 2.45) is 0 Å². The molecule has 29 heavy (non-hydrogen) atoms. The zero-order chi connectivity index (χ0) is 20.7. The molecule has 0 aliphatic carbocycles. The van der Waals surface area contributed by atoms with E-state index in [0.29, 0.717) is 28.5 Å². The molecule has 148 valence electrons. The second-order valence-corrected chi connectivity index (χ2v) is 7.10. The van der Waals surface area contributed by atoms with E-state index >= 15 is 0 Å². The molecule has 0 saturated heterocycles. The number of ether oxygens (including phenoxy) is 1. The number of carbonyl (C=O) groups excluding carboxylic acids is 1. The molecule has 0 bridgehead atoms. The van der Waals surface area contributed by atoms with E-state index in [9.17, 15) is 9.18 Å². The number of aromatic nitrogens is 2. The van der Waals surface area contributed by atoms with Crippen LogP contribution in [0.1, 0.15) is 21.6 Å². The van der Waals surface area contributed by atoms with Gasteiger partial charge in [-0.2, -0.15) is 0 Å². The Labute approximate surface area is 172 Å². The van der Waals surface area contributed by atoms with E-state index in [1.807, 2.05) is 18.7 Å². The van der Waals surface area contributed by atoms with E-state index in [2.05, 4.69) is 9.97 Å². The number of nitrogens with zero attached hydrogens (tertiary/aromatic N) is 4. The monoisotopic (exact) mass is 412 g/mol. The molecular weight excluding hydrogens is 395 g/mol. The van der Waals surface area contributed by atoms with Crippen LogP contribution in [0.4, 0.5) is 21.5 Å². The Morgan fingerprint density at radius 1 is 1.07 bits per heavy atom. The van der Waals surface area contributed by atoms with Gasteiger partial charge in [0.2, 0.25) is 5.88 Å². The van der Waals surface area contributed by atoms with E-state index in [4.69, 9.17) is 16.3 Å². The van der Waals surface area contributed by atoms with Crippen molar-refractivity contribution < 1.29 is 13.9 Å². The summed E-state index contributed by atoms with van der Waals surface area (Å²) in [6.07, 6.45) is 1.46. The summed E-state index contributed by atoms with van der Waals surface area (Å²) in [6.45, 7) is 3.85. The molecule has 0 atom stereocenters. The fourth-order valence-electron chi connectivity index (χ4n) is 3.48. The lowest BCUT2D eigenvalue weighted by molar-refractivity contribution is 0.0983. The van der Waals surface area contributed by atoms with Crippen LogP contribution in [0.2, 0.25) is 5.15 Å². The van der Waals surface area contributed by atoms with Crippen LogP contribution in [0.5, 0.6) is 5.88 Å². The van der Waals surface area contributed by atoms with Crippen LogP contribution in [0.3, 0.4) is 0 Å². The van der Waals surface area contributed by atoms with Crippen molar-refractivity contribution in [2.75, 3.05) is 23.6 Å². The number of benzene rings is 1. The third kappa shape index (κ3) is 3.38. The van der Waals surface area contributed by atoms with Gasteiger partial charge in [-0.15, -0.1) is 0 Å². The van der Waals surface area contributed by atoms with E-state index in [0.717, 1.165) is 11.3 Å². The smallest absolute Gasteiger partial charge is 0.263 e. The highest BCUT2D eigenvalue weighted by Crippen LogP contribution is 2.38. The fraction of sp³-hybridized carbons (Fsp3) is 0.190. The molecule has 0 spiro atoms. The van der Waals surface area contributed by atoms with Crippen molar-refractivity contribution in [1.29, 1.82) is 0 Å². The van der Waals surface area contributed by atoms with Gasteiger partial charge in [-0.25, -0.2) is 14.4 Å². The van der Waals surface area contributed by atoms with Crippen LogP contribution in [0, 0.1) is 19.7 Å². The van der Waals surface area contributed by atoms with Gasteiger partial charge in [0, 0.05) is 24.0 Å². The number of halogens is 2. The molecule has 1 aliphatic heterocycles. The number of amides is 1.